The third-order valence-electron chi connectivity index (χ3n) is 3.44. The first-order valence-corrected chi connectivity index (χ1v) is 7.86. The van der Waals surface area contributed by atoms with E-state index in [0.29, 0.717) is 10.7 Å². The Hall–Kier alpha value is -2.44. The fourth-order valence-corrected chi connectivity index (χ4v) is 2.61. The number of halogens is 4. The van der Waals surface area contributed by atoms with Crippen molar-refractivity contribution in [3.8, 4) is 11.3 Å². The van der Waals surface area contributed by atoms with E-state index >= 15 is 0 Å². The van der Waals surface area contributed by atoms with Crippen LogP contribution in [0.15, 0.2) is 42.6 Å². The van der Waals surface area contributed by atoms with E-state index in [9.17, 15) is 13.6 Å². The summed E-state index contributed by atoms with van der Waals surface area (Å²) in [6, 6.07) is 7.71. The molecule has 0 fully saturated rings. The van der Waals surface area contributed by atoms with Crippen molar-refractivity contribution in [2.75, 3.05) is 5.32 Å². The fraction of sp³-hybridized carbons (Fsp3) is 0.0588. The average Bonchev–Trinajstić information content (AvgIpc) is 2.92. The number of amides is 1. The summed E-state index contributed by atoms with van der Waals surface area (Å²) in [6.07, 6.45) is 1.45. The van der Waals surface area contributed by atoms with Gasteiger partial charge >= 0.3 is 0 Å². The van der Waals surface area contributed by atoms with Gasteiger partial charge in [-0.15, -0.1) is 0 Å². The quantitative estimate of drug-likeness (QED) is 0.699. The van der Waals surface area contributed by atoms with Crippen LogP contribution in [0.25, 0.3) is 11.3 Å². The molecular weight excluding hydrogens is 371 g/mol. The Bertz CT molecular complexity index is 973. The number of benzene rings is 2. The number of hydrogen-bond acceptors (Lipinski definition) is 2. The molecule has 0 aliphatic rings. The highest BCUT2D eigenvalue weighted by atomic mass is 35.5. The third kappa shape index (κ3) is 3.65. The molecule has 8 heteroatoms. The van der Waals surface area contributed by atoms with Gasteiger partial charge in [-0.2, -0.15) is 5.10 Å². The molecule has 0 aliphatic heterocycles. The normalized spacial score (nSPS) is 10.8. The molecule has 128 valence electrons. The maximum absolute atomic E-state index is 14.1. The highest BCUT2D eigenvalue weighted by molar-refractivity contribution is 6.42. The van der Waals surface area contributed by atoms with Crippen molar-refractivity contribution < 1.29 is 13.6 Å². The van der Waals surface area contributed by atoms with Crippen molar-refractivity contribution >= 4 is 34.8 Å². The summed E-state index contributed by atoms with van der Waals surface area (Å²) in [7, 11) is 1.60. The molecule has 0 unspecified atom stereocenters. The Morgan fingerprint density at radius 2 is 1.88 bits per heavy atom. The number of nitrogens with one attached hydrogen (secondary N) is 1. The summed E-state index contributed by atoms with van der Waals surface area (Å²) in [5.41, 5.74) is 0.701. The average molecular weight is 382 g/mol. The smallest absolute Gasteiger partial charge is 0.259 e. The summed E-state index contributed by atoms with van der Waals surface area (Å²) in [6.45, 7) is 0. The summed E-state index contributed by atoms with van der Waals surface area (Å²) in [5, 5.41) is 7.40. The number of nitrogens with zero attached hydrogens (tertiary/aromatic N) is 2. The van der Waals surface area contributed by atoms with Crippen LogP contribution in [0, 0.1) is 11.6 Å². The summed E-state index contributed by atoms with van der Waals surface area (Å²) >= 11 is 11.8. The third-order valence-corrected chi connectivity index (χ3v) is 4.18. The number of hydrogen-bond donors (Lipinski definition) is 1. The molecule has 1 N–H and O–H groups in total. The maximum Gasteiger partial charge on any atom is 0.259 e. The van der Waals surface area contributed by atoms with Gasteiger partial charge in [0.05, 0.1) is 15.6 Å². The minimum atomic E-state index is -0.803. The van der Waals surface area contributed by atoms with E-state index in [-0.39, 0.29) is 21.8 Å². The Morgan fingerprint density at radius 1 is 1.12 bits per heavy atom. The molecule has 1 aromatic heterocycles. The Balaban J connectivity index is 1.97. The second-order valence-electron chi connectivity index (χ2n) is 5.27. The molecule has 0 saturated heterocycles. The van der Waals surface area contributed by atoms with Crippen molar-refractivity contribution in [1.29, 1.82) is 0 Å². The molecular formula is C17H11Cl2F2N3O. The molecule has 0 spiro atoms. The number of carbonyl (C=O) groups is 1. The lowest BCUT2D eigenvalue weighted by atomic mass is 10.1. The van der Waals surface area contributed by atoms with Crippen LogP contribution in [-0.4, -0.2) is 15.7 Å². The molecule has 25 heavy (non-hydrogen) atoms. The molecule has 0 radical (unpaired) electrons. The highest BCUT2D eigenvalue weighted by Gasteiger charge is 2.20. The Morgan fingerprint density at radius 3 is 2.56 bits per heavy atom. The van der Waals surface area contributed by atoms with Crippen LogP contribution < -0.4 is 5.32 Å². The lowest BCUT2D eigenvalue weighted by Gasteiger charge is -2.07. The maximum atomic E-state index is 14.1. The summed E-state index contributed by atoms with van der Waals surface area (Å²) < 4.78 is 28.6. The standard InChI is InChI=1S/C17H11Cl2F2N3O/c1-24-8-12(16(23-24)11-4-2-9(20)6-15(11)21)17(25)22-10-3-5-13(18)14(19)7-10/h2-8H,1H3,(H,22,25). The van der Waals surface area contributed by atoms with Gasteiger partial charge in [0.15, 0.2) is 0 Å². The van der Waals surface area contributed by atoms with Gasteiger partial charge in [0.2, 0.25) is 0 Å². The van der Waals surface area contributed by atoms with Gasteiger partial charge in [0, 0.05) is 30.6 Å². The van der Waals surface area contributed by atoms with Crippen molar-refractivity contribution in [1.82, 2.24) is 9.78 Å². The van der Waals surface area contributed by atoms with E-state index in [1.54, 1.807) is 19.2 Å². The van der Waals surface area contributed by atoms with Crippen LogP contribution in [-0.2, 0) is 7.05 Å². The molecule has 0 bridgehead atoms. The van der Waals surface area contributed by atoms with E-state index in [4.69, 9.17) is 23.2 Å². The van der Waals surface area contributed by atoms with E-state index in [1.807, 2.05) is 0 Å². The number of anilines is 1. The zero-order valence-electron chi connectivity index (χ0n) is 12.9. The van der Waals surface area contributed by atoms with Crippen LogP contribution in [0.3, 0.4) is 0 Å². The SMILES string of the molecule is Cn1cc(C(=O)Nc2ccc(Cl)c(Cl)c2)c(-c2ccc(F)cc2F)n1. The fourth-order valence-electron chi connectivity index (χ4n) is 2.31. The zero-order chi connectivity index (χ0) is 18.1. The molecule has 0 atom stereocenters. The molecule has 3 rings (SSSR count). The summed E-state index contributed by atoms with van der Waals surface area (Å²) in [4.78, 5) is 12.6. The van der Waals surface area contributed by atoms with Crippen molar-refractivity contribution in [3.63, 3.8) is 0 Å². The van der Waals surface area contributed by atoms with Crippen LogP contribution in [0.1, 0.15) is 10.4 Å². The van der Waals surface area contributed by atoms with Crippen molar-refractivity contribution in [2.24, 2.45) is 7.05 Å². The predicted molar refractivity (Wildman–Crippen MR) is 93.0 cm³/mol. The van der Waals surface area contributed by atoms with Crippen LogP contribution in [0.4, 0.5) is 14.5 Å². The van der Waals surface area contributed by atoms with Gasteiger partial charge in [-0.1, -0.05) is 23.2 Å². The minimum Gasteiger partial charge on any atom is -0.322 e. The van der Waals surface area contributed by atoms with Gasteiger partial charge in [-0.3, -0.25) is 9.48 Å². The van der Waals surface area contributed by atoms with E-state index in [1.165, 1.54) is 23.0 Å². The predicted octanol–water partition coefficient (Wildman–Crippen LogP) is 4.92. The molecule has 3 aromatic rings. The number of aryl methyl sites for hydroxylation is 1. The van der Waals surface area contributed by atoms with Gasteiger partial charge in [0.25, 0.3) is 5.91 Å². The summed E-state index contributed by atoms with van der Waals surface area (Å²) in [5.74, 6) is -2.02. The molecule has 1 amide bonds. The first-order valence-electron chi connectivity index (χ1n) is 7.10. The molecule has 1 heterocycles. The number of carbonyl (C=O) groups excluding carboxylic acids is 1. The zero-order valence-corrected chi connectivity index (χ0v) is 14.4. The van der Waals surface area contributed by atoms with E-state index in [0.717, 1.165) is 12.1 Å². The van der Waals surface area contributed by atoms with Gasteiger partial charge in [0.1, 0.15) is 17.3 Å². The highest BCUT2D eigenvalue weighted by Crippen LogP contribution is 2.28. The van der Waals surface area contributed by atoms with E-state index < -0.39 is 17.5 Å². The molecule has 0 saturated carbocycles. The van der Waals surface area contributed by atoms with Crippen LogP contribution >= 0.6 is 23.2 Å². The Kier molecular flexibility index (Phi) is 4.74. The first kappa shape index (κ1) is 17.4. The van der Waals surface area contributed by atoms with E-state index in [2.05, 4.69) is 10.4 Å². The second-order valence-corrected chi connectivity index (χ2v) is 6.09. The lowest BCUT2D eigenvalue weighted by molar-refractivity contribution is 0.102. The lowest BCUT2D eigenvalue weighted by Crippen LogP contribution is -2.12. The minimum absolute atomic E-state index is 0.0290. The molecule has 2 aromatic carbocycles. The van der Waals surface area contributed by atoms with Crippen molar-refractivity contribution in [2.45, 2.75) is 0 Å². The van der Waals surface area contributed by atoms with Gasteiger partial charge in [-0.05, 0) is 30.3 Å². The largest absolute Gasteiger partial charge is 0.322 e. The van der Waals surface area contributed by atoms with Crippen LogP contribution in [0.5, 0.6) is 0 Å². The topological polar surface area (TPSA) is 46.9 Å². The second kappa shape index (κ2) is 6.82. The number of rotatable bonds is 3. The monoisotopic (exact) mass is 381 g/mol. The first-order chi connectivity index (χ1) is 11.8. The van der Waals surface area contributed by atoms with Crippen molar-refractivity contribution in [3.05, 3.63) is 69.8 Å². The van der Waals surface area contributed by atoms with Gasteiger partial charge < -0.3 is 5.32 Å². The van der Waals surface area contributed by atoms with Crippen LogP contribution in [0.2, 0.25) is 10.0 Å². The van der Waals surface area contributed by atoms with Gasteiger partial charge in [-0.25, -0.2) is 8.78 Å². The molecule has 0 aliphatic carbocycles. The Labute approximate surface area is 152 Å². The molecule has 4 nitrogen and oxygen atoms in total. The number of aromatic nitrogens is 2.